The number of hydrogen-bond donors (Lipinski definition) is 3. The molecule has 3 N–H and O–H groups in total. The molecule has 0 bridgehead atoms. The molecule has 0 radical (unpaired) electrons. The Balaban J connectivity index is 0.00000441. The topological polar surface area (TPSA) is 108 Å². The summed E-state index contributed by atoms with van der Waals surface area (Å²) < 4.78 is 3.57. The van der Waals surface area contributed by atoms with Gasteiger partial charge in [0.1, 0.15) is 5.75 Å². The third kappa shape index (κ3) is 6.39. The van der Waals surface area contributed by atoms with Gasteiger partial charge >= 0.3 is 5.97 Å². The molecule has 4 rings (SSSR count). The molecule has 0 spiro atoms. The second kappa shape index (κ2) is 11.5. The third-order valence-corrected chi connectivity index (χ3v) is 7.04. The van der Waals surface area contributed by atoms with E-state index in [-0.39, 0.29) is 57.9 Å². The van der Waals surface area contributed by atoms with Crippen molar-refractivity contribution in [2.45, 2.75) is 71.9 Å². The summed E-state index contributed by atoms with van der Waals surface area (Å²) in [5, 5.41) is 29.1. The Bertz CT molecular complexity index is 1580. The summed E-state index contributed by atoms with van der Waals surface area (Å²) in [6, 6.07) is 18.6. The number of nitrogens with one attached hydrogen (secondary N) is 1. The summed E-state index contributed by atoms with van der Waals surface area (Å²) in [5.74, 6) is -0.784. The minimum Gasteiger partial charge on any atom is -0.507 e. The van der Waals surface area contributed by atoms with Crippen LogP contribution in [0.5, 0.6) is 5.75 Å². The number of para-hydroxylation sites is 2. The van der Waals surface area contributed by atoms with E-state index in [1.165, 1.54) is 0 Å². The first-order valence-electron chi connectivity index (χ1n) is 13.1. The molecule has 0 saturated carbocycles. The Kier molecular flexibility index (Phi) is 8.84. The van der Waals surface area contributed by atoms with Gasteiger partial charge in [-0.1, -0.05) is 77.9 Å². The molecule has 0 aliphatic heterocycles. The van der Waals surface area contributed by atoms with Gasteiger partial charge < -0.3 is 19.3 Å². The molecule has 4 aromatic rings. The number of aromatic nitrogens is 2. The van der Waals surface area contributed by atoms with Crippen molar-refractivity contribution in [1.29, 1.82) is 5.41 Å². The van der Waals surface area contributed by atoms with Crippen LogP contribution in [0, 0.1) is 5.41 Å². The van der Waals surface area contributed by atoms with E-state index in [0.29, 0.717) is 17.7 Å². The van der Waals surface area contributed by atoms with Crippen LogP contribution in [-0.2, 0) is 35.1 Å². The van der Waals surface area contributed by atoms with Crippen molar-refractivity contribution in [2.24, 2.45) is 0 Å². The van der Waals surface area contributed by atoms with Crippen LogP contribution in [0.15, 0.2) is 60.7 Å². The highest BCUT2D eigenvalue weighted by Gasteiger charge is 2.28. The van der Waals surface area contributed by atoms with Crippen LogP contribution in [-0.4, -0.2) is 31.1 Å². The van der Waals surface area contributed by atoms with E-state index in [0.717, 1.165) is 27.7 Å². The SMILES string of the molecule is Br.CC(C)(C)c1cc(C(=O)Cn2c(=N)n(Cc3ccc(CC(=O)O)cc3)c3ccccc32)cc(C(C)(C)C)c1O. The highest BCUT2D eigenvalue weighted by atomic mass is 79.9. The number of phenolic OH excluding ortho intramolecular Hbond substituents is 1. The molecule has 3 aromatic carbocycles. The molecule has 212 valence electrons. The van der Waals surface area contributed by atoms with Crippen molar-refractivity contribution in [3.8, 4) is 5.75 Å². The quantitative estimate of drug-likeness (QED) is 0.212. The number of carbonyl (C=O) groups is 2. The number of carboxylic acid groups (broad SMARTS) is 1. The number of nitrogens with zero attached hydrogens (tertiary/aromatic N) is 2. The minimum atomic E-state index is -0.879. The van der Waals surface area contributed by atoms with E-state index in [4.69, 9.17) is 10.5 Å². The van der Waals surface area contributed by atoms with Gasteiger partial charge in [0.15, 0.2) is 5.78 Å². The van der Waals surface area contributed by atoms with E-state index in [2.05, 4.69) is 0 Å². The predicted molar refractivity (Wildman–Crippen MR) is 163 cm³/mol. The minimum absolute atomic E-state index is 0. The number of aliphatic carboxylic acids is 1. The van der Waals surface area contributed by atoms with Crippen LogP contribution < -0.4 is 5.62 Å². The zero-order chi connectivity index (χ0) is 28.7. The lowest BCUT2D eigenvalue weighted by Gasteiger charge is -2.28. The number of rotatable bonds is 7. The number of aromatic hydroxyl groups is 1. The molecular weight excluding hydrogens is 570 g/mol. The molecule has 0 saturated heterocycles. The van der Waals surface area contributed by atoms with Gasteiger partial charge in [-0.3, -0.25) is 15.0 Å². The number of carbonyl (C=O) groups excluding carboxylic acids is 1. The van der Waals surface area contributed by atoms with E-state index in [1.807, 2.05) is 82.5 Å². The molecule has 8 heteroatoms. The summed E-state index contributed by atoms with van der Waals surface area (Å²) in [6.07, 6.45) is -0.0380. The van der Waals surface area contributed by atoms with Gasteiger partial charge in [-0.2, -0.15) is 0 Å². The maximum Gasteiger partial charge on any atom is 0.307 e. The smallest absolute Gasteiger partial charge is 0.307 e. The summed E-state index contributed by atoms with van der Waals surface area (Å²) >= 11 is 0. The third-order valence-electron chi connectivity index (χ3n) is 7.04. The van der Waals surface area contributed by atoms with Gasteiger partial charge in [0, 0.05) is 16.7 Å². The average molecular weight is 609 g/mol. The highest BCUT2D eigenvalue weighted by Crippen LogP contribution is 2.40. The molecule has 0 aliphatic rings. The monoisotopic (exact) mass is 607 g/mol. The lowest BCUT2D eigenvalue weighted by Crippen LogP contribution is -2.28. The van der Waals surface area contributed by atoms with E-state index in [1.54, 1.807) is 28.8 Å². The number of ketones is 1. The first-order chi connectivity index (χ1) is 18.2. The number of phenols is 1. The number of imidazole rings is 1. The summed E-state index contributed by atoms with van der Waals surface area (Å²) in [5.41, 5.74) is 4.71. The molecular formula is C32H38BrN3O4. The number of halogens is 1. The normalized spacial score (nSPS) is 11.8. The molecule has 1 heterocycles. The largest absolute Gasteiger partial charge is 0.507 e. The number of fused-ring (bicyclic) bond motifs is 1. The Morgan fingerprint density at radius 3 is 1.75 bits per heavy atom. The fraction of sp³-hybridized carbons (Fsp3) is 0.344. The maximum absolute atomic E-state index is 13.7. The van der Waals surface area contributed by atoms with Gasteiger partial charge in [0.05, 0.1) is 30.5 Å². The van der Waals surface area contributed by atoms with Gasteiger partial charge in [-0.15, -0.1) is 17.0 Å². The van der Waals surface area contributed by atoms with Crippen molar-refractivity contribution in [3.05, 3.63) is 94.1 Å². The van der Waals surface area contributed by atoms with Crippen molar-refractivity contribution in [2.75, 3.05) is 0 Å². The Hall–Kier alpha value is -3.65. The number of carboxylic acids is 1. The fourth-order valence-electron chi connectivity index (χ4n) is 4.91. The van der Waals surface area contributed by atoms with Crippen LogP contribution in [0.2, 0.25) is 0 Å². The van der Waals surface area contributed by atoms with Crippen molar-refractivity contribution >= 4 is 39.8 Å². The highest BCUT2D eigenvalue weighted by molar-refractivity contribution is 8.93. The van der Waals surface area contributed by atoms with Gasteiger partial charge in [-0.05, 0) is 46.2 Å². The zero-order valence-corrected chi connectivity index (χ0v) is 25.6. The molecule has 7 nitrogen and oxygen atoms in total. The molecule has 0 unspecified atom stereocenters. The number of hydrogen-bond acceptors (Lipinski definition) is 4. The first kappa shape index (κ1) is 30.9. The summed E-state index contributed by atoms with van der Waals surface area (Å²) in [7, 11) is 0. The van der Waals surface area contributed by atoms with Crippen LogP contribution in [0.25, 0.3) is 11.0 Å². The number of Topliss-reactive ketones (excluding diaryl/α,β-unsaturated/α-hetero) is 1. The summed E-state index contributed by atoms with van der Waals surface area (Å²) in [6.45, 7) is 12.5. The van der Waals surface area contributed by atoms with E-state index < -0.39 is 5.97 Å². The maximum atomic E-state index is 13.7. The molecule has 0 amide bonds. The Morgan fingerprint density at radius 2 is 1.27 bits per heavy atom. The zero-order valence-electron chi connectivity index (χ0n) is 23.9. The standard InChI is InChI=1S/C32H37N3O4.BrH/c1-31(2,3)23-16-22(17-24(29(23)39)32(4,5)6)27(36)19-35-26-10-8-7-9-25(26)34(30(35)33)18-21-13-11-20(12-14-21)15-28(37)38;/h7-14,16-17,33,39H,15,18-19H2,1-6H3,(H,37,38);1H. The second-order valence-electron chi connectivity index (χ2n) is 12.2. The van der Waals surface area contributed by atoms with Gasteiger partial charge in [0.2, 0.25) is 5.62 Å². The van der Waals surface area contributed by atoms with Gasteiger partial charge in [0.25, 0.3) is 0 Å². The molecule has 40 heavy (non-hydrogen) atoms. The Labute approximate surface area is 245 Å². The van der Waals surface area contributed by atoms with Crippen LogP contribution >= 0.6 is 17.0 Å². The first-order valence-corrected chi connectivity index (χ1v) is 13.1. The fourth-order valence-corrected chi connectivity index (χ4v) is 4.91. The van der Waals surface area contributed by atoms with Crippen LogP contribution in [0.4, 0.5) is 0 Å². The molecule has 0 aliphatic carbocycles. The lowest BCUT2D eigenvalue weighted by molar-refractivity contribution is -0.136. The van der Waals surface area contributed by atoms with Gasteiger partial charge in [-0.25, -0.2) is 0 Å². The Morgan fingerprint density at radius 1 is 0.800 bits per heavy atom. The molecule has 0 fully saturated rings. The predicted octanol–water partition coefficient (Wildman–Crippen LogP) is 6.36. The van der Waals surface area contributed by atoms with Crippen LogP contribution in [0.3, 0.4) is 0 Å². The van der Waals surface area contributed by atoms with E-state index in [9.17, 15) is 14.7 Å². The average Bonchev–Trinajstić information content (AvgIpc) is 3.09. The molecule has 0 atom stereocenters. The second-order valence-corrected chi connectivity index (χ2v) is 12.2. The number of benzene rings is 3. The van der Waals surface area contributed by atoms with Crippen LogP contribution in [0.1, 0.15) is 74.2 Å². The van der Waals surface area contributed by atoms with E-state index >= 15 is 0 Å². The van der Waals surface area contributed by atoms with Crippen molar-refractivity contribution < 1.29 is 19.8 Å². The summed E-state index contributed by atoms with van der Waals surface area (Å²) in [4.78, 5) is 24.7. The lowest BCUT2D eigenvalue weighted by atomic mass is 9.78. The molecule has 1 aromatic heterocycles. The van der Waals surface area contributed by atoms with Crippen molar-refractivity contribution in [3.63, 3.8) is 0 Å². The van der Waals surface area contributed by atoms with Crippen molar-refractivity contribution in [1.82, 2.24) is 9.13 Å².